The minimum absolute atomic E-state index is 0.0727. The van der Waals surface area contributed by atoms with Gasteiger partial charge in [0.1, 0.15) is 23.6 Å². The Morgan fingerprint density at radius 2 is 1.88 bits per heavy atom. The molecule has 0 spiro atoms. The molecule has 4 rings (SSSR count). The van der Waals surface area contributed by atoms with E-state index in [1.165, 1.54) is 25.5 Å². The maximum absolute atomic E-state index is 11.2. The third-order valence-electron chi connectivity index (χ3n) is 4.60. The van der Waals surface area contributed by atoms with Gasteiger partial charge in [0, 0.05) is 28.6 Å². The molecule has 0 bridgehead atoms. The Labute approximate surface area is 188 Å². The van der Waals surface area contributed by atoms with Crippen LogP contribution in [-0.4, -0.2) is 38.0 Å². The van der Waals surface area contributed by atoms with Crippen LogP contribution in [0.4, 0.5) is 0 Å². The second-order valence-corrected chi connectivity index (χ2v) is 8.69. The van der Waals surface area contributed by atoms with Crippen molar-refractivity contribution in [2.75, 3.05) is 13.4 Å². The monoisotopic (exact) mass is 473 g/mol. The molecule has 0 amide bonds. The molecule has 0 saturated heterocycles. The summed E-state index contributed by atoms with van der Waals surface area (Å²) < 4.78 is 49.2. The fraction of sp³-hybridized carbons (Fsp3) is 0.182. The molecule has 1 N–H and O–H groups in total. The molecule has 10 nitrogen and oxygen atoms in total. The Balaban J connectivity index is 1.48. The summed E-state index contributed by atoms with van der Waals surface area (Å²) in [6, 6.07) is 11.3. The molecule has 0 atom stereocenters. The van der Waals surface area contributed by atoms with E-state index >= 15 is 0 Å². The highest BCUT2D eigenvalue weighted by molar-refractivity contribution is 7.86. The summed E-state index contributed by atoms with van der Waals surface area (Å²) >= 11 is 0. The number of aromatic nitrogens is 1. The maximum atomic E-state index is 11.2. The Morgan fingerprint density at radius 3 is 2.55 bits per heavy atom. The van der Waals surface area contributed by atoms with Crippen LogP contribution in [0.5, 0.6) is 17.2 Å². The summed E-state index contributed by atoms with van der Waals surface area (Å²) in [5, 5.41) is 13.7. The number of aliphatic carboxylic acids is 1. The van der Waals surface area contributed by atoms with Gasteiger partial charge in [0.15, 0.2) is 17.3 Å². The van der Waals surface area contributed by atoms with E-state index in [0.29, 0.717) is 45.0 Å². The third kappa shape index (κ3) is 5.26. The van der Waals surface area contributed by atoms with Crippen molar-refractivity contribution < 1.29 is 40.9 Å². The molecule has 2 heterocycles. The van der Waals surface area contributed by atoms with Crippen molar-refractivity contribution in [3.63, 3.8) is 0 Å². The normalized spacial score (nSPS) is 11.5. The number of carbonyl (C=O) groups is 1. The predicted octanol–water partition coefficient (Wildman–Crippen LogP) is 3.64. The Bertz CT molecular complexity index is 1400. The summed E-state index contributed by atoms with van der Waals surface area (Å²) in [5.41, 5.74) is 2.19. The number of benzene rings is 2. The van der Waals surface area contributed by atoms with E-state index in [1.54, 1.807) is 30.3 Å². The molecule has 0 unspecified atom stereocenters. The highest BCUT2D eigenvalue weighted by Gasteiger charge is 2.16. The lowest BCUT2D eigenvalue weighted by Gasteiger charge is -2.09. The lowest BCUT2D eigenvalue weighted by atomic mass is 10.1. The zero-order chi connectivity index (χ0) is 23.6. The molecular formula is C22H19NO9S. The van der Waals surface area contributed by atoms with Crippen molar-refractivity contribution in [2.45, 2.75) is 13.0 Å². The molecule has 0 fully saturated rings. The number of carboxylic acids is 1. The standard InChI is InChI=1S/C22H19NO9S/c1-28-20-9-17-14(7-22(24)25)11-29-19(17)10-21(20)30-12-15-8-18(31-23-15)13-3-5-16(6-4-13)32-33(2,26)27/h3-6,8-11H,7,12H2,1-2H3,(H,24,25). The summed E-state index contributed by atoms with van der Waals surface area (Å²) in [6.45, 7) is 0.0727. The van der Waals surface area contributed by atoms with Gasteiger partial charge in [-0.1, -0.05) is 5.16 Å². The quantitative estimate of drug-likeness (QED) is 0.358. The second-order valence-electron chi connectivity index (χ2n) is 7.11. The number of nitrogens with zero attached hydrogens (tertiary/aromatic N) is 1. The van der Waals surface area contributed by atoms with Crippen LogP contribution in [0.25, 0.3) is 22.3 Å². The molecule has 33 heavy (non-hydrogen) atoms. The summed E-state index contributed by atoms with van der Waals surface area (Å²) in [4.78, 5) is 11.0. The van der Waals surface area contributed by atoms with Crippen molar-refractivity contribution >= 4 is 27.1 Å². The largest absolute Gasteiger partial charge is 0.493 e. The van der Waals surface area contributed by atoms with E-state index in [0.717, 1.165) is 6.26 Å². The van der Waals surface area contributed by atoms with Crippen LogP contribution in [0.3, 0.4) is 0 Å². The van der Waals surface area contributed by atoms with Crippen molar-refractivity contribution in [1.82, 2.24) is 5.16 Å². The van der Waals surface area contributed by atoms with E-state index in [9.17, 15) is 13.2 Å². The number of carboxylic acid groups (broad SMARTS) is 1. The van der Waals surface area contributed by atoms with E-state index in [2.05, 4.69) is 5.16 Å². The predicted molar refractivity (Wildman–Crippen MR) is 116 cm³/mol. The minimum Gasteiger partial charge on any atom is -0.493 e. The lowest BCUT2D eigenvalue weighted by Crippen LogP contribution is -2.05. The molecule has 0 aliphatic rings. The molecule has 172 valence electrons. The van der Waals surface area contributed by atoms with E-state index in [-0.39, 0.29) is 18.8 Å². The van der Waals surface area contributed by atoms with Crippen molar-refractivity contribution in [2.24, 2.45) is 0 Å². The van der Waals surface area contributed by atoms with Crippen LogP contribution in [0, 0.1) is 0 Å². The number of hydrogen-bond donors (Lipinski definition) is 1. The van der Waals surface area contributed by atoms with Gasteiger partial charge in [0.25, 0.3) is 0 Å². The fourth-order valence-corrected chi connectivity index (χ4v) is 3.64. The first-order chi connectivity index (χ1) is 15.7. The number of hydrogen-bond acceptors (Lipinski definition) is 9. The van der Waals surface area contributed by atoms with Gasteiger partial charge in [-0.05, 0) is 30.3 Å². The average molecular weight is 473 g/mol. The Hall–Kier alpha value is -3.99. The van der Waals surface area contributed by atoms with Crippen LogP contribution in [0.1, 0.15) is 11.3 Å². The number of ether oxygens (including phenoxy) is 2. The maximum Gasteiger partial charge on any atom is 0.307 e. The molecule has 2 aromatic heterocycles. The number of furan rings is 1. The molecular weight excluding hydrogens is 454 g/mol. The molecule has 11 heteroatoms. The third-order valence-corrected chi connectivity index (χ3v) is 5.10. The van der Waals surface area contributed by atoms with Crippen LogP contribution in [-0.2, 0) is 27.9 Å². The van der Waals surface area contributed by atoms with Crippen molar-refractivity contribution in [1.29, 1.82) is 0 Å². The van der Waals surface area contributed by atoms with Gasteiger partial charge < -0.3 is 27.7 Å². The van der Waals surface area contributed by atoms with Crippen molar-refractivity contribution in [3.05, 3.63) is 60.0 Å². The van der Waals surface area contributed by atoms with Gasteiger partial charge in [0.05, 0.1) is 26.0 Å². The highest BCUT2D eigenvalue weighted by atomic mass is 32.2. The van der Waals surface area contributed by atoms with Gasteiger partial charge in [0.2, 0.25) is 0 Å². The SMILES string of the molecule is COc1cc2c(CC(=O)O)coc2cc1OCc1cc(-c2ccc(OS(C)(=O)=O)cc2)on1. The summed E-state index contributed by atoms with van der Waals surface area (Å²) in [6.07, 6.45) is 2.20. The molecule has 0 aliphatic carbocycles. The number of methoxy groups -OCH3 is 1. The van der Waals surface area contributed by atoms with Crippen LogP contribution in [0.2, 0.25) is 0 Å². The zero-order valence-electron chi connectivity index (χ0n) is 17.6. The van der Waals surface area contributed by atoms with Crippen LogP contribution >= 0.6 is 0 Å². The molecule has 0 radical (unpaired) electrons. The highest BCUT2D eigenvalue weighted by Crippen LogP contribution is 2.35. The van der Waals surface area contributed by atoms with Gasteiger partial charge in [-0.25, -0.2) is 0 Å². The van der Waals surface area contributed by atoms with Gasteiger partial charge in [-0.2, -0.15) is 8.42 Å². The van der Waals surface area contributed by atoms with Gasteiger partial charge in [-0.3, -0.25) is 4.79 Å². The fourth-order valence-electron chi connectivity index (χ4n) is 3.18. The molecule has 4 aromatic rings. The minimum atomic E-state index is -3.60. The molecule has 2 aromatic carbocycles. The van der Waals surface area contributed by atoms with E-state index in [1.807, 2.05) is 0 Å². The van der Waals surface area contributed by atoms with E-state index in [4.69, 9.17) is 27.7 Å². The summed E-state index contributed by atoms with van der Waals surface area (Å²) in [7, 11) is -2.12. The van der Waals surface area contributed by atoms with Gasteiger partial charge in [-0.15, -0.1) is 0 Å². The Kier molecular flexibility index (Phi) is 5.97. The number of fused-ring (bicyclic) bond motifs is 1. The molecule has 0 aliphatic heterocycles. The topological polar surface area (TPSA) is 138 Å². The smallest absolute Gasteiger partial charge is 0.307 e. The van der Waals surface area contributed by atoms with Crippen LogP contribution < -0.4 is 13.7 Å². The van der Waals surface area contributed by atoms with Crippen molar-refractivity contribution in [3.8, 4) is 28.6 Å². The lowest BCUT2D eigenvalue weighted by molar-refractivity contribution is -0.136. The van der Waals surface area contributed by atoms with Crippen LogP contribution in [0.15, 0.2) is 57.7 Å². The number of rotatable bonds is 9. The molecule has 0 saturated carbocycles. The summed E-state index contributed by atoms with van der Waals surface area (Å²) in [5.74, 6) is 0.507. The van der Waals surface area contributed by atoms with E-state index < -0.39 is 16.1 Å². The first-order valence-electron chi connectivity index (χ1n) is 9.60. The Morgan fingerprint density at radius 1 is 1.12 bits per heavy atom. The second kappa shape index (κ2) is 8.87. The zero-order valence-corrected chi connectivity index (χ0v) is 18.4. The average Bonchev–Trinajstić information content (AvgIpc) is 3.38. The van der Waals surface area contributed by atoms with Gasteiger partial charge >= 0.3 is 16.1 Å². The first-order valence-corrected chi connectivity index (χ1v) is 11.4. The first kappa shape index (κ1) is 22.2.